The monoisotopic (exact) mass is 345 g/mol. The Balaban J connectivity index is 2.19. The van der Waals surface area contributed by atoms with Crippen LogP contribution in [-0.4, -0.2) is 33.9 Å². The number of carbonyl (C=O) groups excluding carboxylic acids is 2. The van der Waals surface area contributed by atoms with Crippen LogP contribution in [0, 0.1) is 6.92 Å². The Labute approximate surface area is 141 Å². The van der Waals surface area contributed by atoms with Crippen LogP contribution in [0.5, 0.6) is 0 Å². The van der Waals surface area contributed by atoms with Crippen LogP contribution in [-0.2, 0) is 4.74 Å². The topological polar surface area (TPSA) is 87.2 Å². The van der Waals surface area contributed by atoms with E-state index in [1.165, 1.54) is 19.4 Å². The van der Waals surface area contributed by atoms with Crippen LogP contribution in [0.1, 0.15) is 26.4 Å². The molecule has 0 saturated heterocycles. The lowest BCUT2D eigenvalue weighted by Crippen LogP contribution is -2.15. The van der Waals surface area contributed by atoms with Gasteiger partial charge in [0.25, 0.3) is 5.91 Å². The molecule has 0 aliphatic rings. The van der Waals surface area contributed by atoms with Gasteiger partial charge in [0.1, 0.15) is 11.3 Å². The molecular formula is C16H12ClN3O4. The van der Waals surface area contributed by atoms with Crippen LogP contribution in [0.15, 0.2) is 41.1 Å². The molecule has 3 rings (SSSR count). The molecule has 7 nitrogen and oxygen atoms in total. The smallest absolute Gasteiger partial charge is 0.342 e. The number of aromatic nitrogens is 3. The van der Waals surface area contributed by atoms with Crippen LogP contribution in [0.3, 0.4) is 0 Å². The van der Waals surface area contributed by atoms with Crippen LogP contribution in [0.4, 0.5) is 0 Å². The number of benzene rings is 1. The van der Waals surface area contributed by atoms with Gasteiger partial charge in [0.15, 0.2) is 5.76 Å². The summed E-state index contributed by atoms with van der Waals surface area (Å²) in [6, 6.07) is 7.88. The van der Waals surface area contributed by atoms with E-state index in [2.05, 4.69) is 10.3 Å². The lowest BCUT2D eigenvalue weighted by Gasteiger charge is -2.05. The molecule has 0 aliphatic carbocycles. The molecule has 122 valence electrons. The number of aryl methyl sites for hydroxylation is 1. The number of nitrogens with zero attached hydrogens (tertiary/aromatic N) is 3. The van der Waals surface area contributed by atoms with Gasteiger partial charge >= 0.3 is 5.97 Å². The predicted octanol–water partition coefficient (Wildman–Crippen LogP) is 2.98. The maximum Gasteiger partial charge on any atom is 0.342 e. The van der Waals surface area contributed by atoms with Crippen molar-refractivity contribution < 1.29 is 18.8 Å². The summed E-state index contributed by atoms with van der Waals surface area (Å²) in [5.74, 6) is -0.816. The van der Waals surface area contributed by atoms with Gasteiger partial charge in [-0.2, -0.15) is 9.78 Å². The van der Waals surface area contributed by atoms with E-state index in [1.807, 2.05) is 0 Å². The van der Waals surface area contributed by atoms with E-state index < -0.39 is 11.9 Å². The van der Waals surface area contributed by atoms with Gasteiger partial charge in [-0.15, -0.1) is 0 Å². The molecule has 0 saturated carbocycles. The zero-order valence-electron chi connectivity index (χ0n) is 12.8. The third-order valence-electron chi connectivity index (χ3n) is 3.40. The fourth-order valence-electron chi connectivity index (χ4n) is 2.30. The molecule has 0 N–H and O–H groups in total. The Kier molecular flexibility index (Phi) is 4.18. The number of rotatable bonds is 3. The third kappa shape index (κ3) is 2.69. The zero-order chi connectivity index (χ0) is 17.3. The fourth-order valence-corrected chi connectivity index (χ4v) is 2.43. The Morgan fingerprint density at radius 2 is 1.92 bits per heavy atom. The zero-order valence-corrected chi connectivity index (χ0v) is 13.6. The highest BCUT2D eigenvalue weighted by Gasteiger charge is 2.28. The highest BCUT2D eigenvalue weighted by Crippen LogP contribution is 2.27. The van der Waals surface area contributed by atoms with Crippen LogP contribution >= 0.6 is 11.6 Å². The average Bonchev–Trinajstić information content (AvgIpc) is 3.21. The standard InChI is InChI=1S/C16H12ClN3O4/c1-9-13(16(22)23-2)14(12-7-8-18-24-12)20(19-9)15(21)10-3-5-11(17)6-4-10/h3-8H,1-2H3. The molecule has 2 heterocycles. The molecule has 0 bridgehead atoms. The van der Waals surface area contributed by atoms with Crippen molar-refractivity contribution in [3.05, 3.63) is 58.4 Å². The summed E-state index contributed by atoms with van der Waals surface area (Å²) in [7, 11) is 1.25. The first-order chi connectivity index (χ1) is 11.5. The van der Waals surface area contributed by atoms with Crippen molar-refractivity contribution in [1.82, 2.24) is 14.9 Å². The lowest BCUT2D eigenvalue weighted by molar-refractivity contribution is 0.0600. The Morgan fingerprint density at radius 3 is 2.50 bits per heavy atom. The second kappa shape index (κ2) is 6.29. The van der Waals surface area contributed by atoms with Gasteiger partial charge in [0.2, 0.25) is 0 Å². The highest BCUT2D eigenvalue weighted by molar-refractivity contribution is 6.30. The molecule has 0 spiro atoms. The first-order valence-corrected chi connectivity index (χ1v) is 7.30. The van der Waals surface area contributed by atoms with E-state index >= 15 is 0 Å². The molecule has 0 amide bonds. The average molecular weight is 346 g/mol. The molecule has 0 unspecified atom stereocenters. The van der Waals surface area contributed by atoms with Gasteiger partial charge in [-0.1, -0.05) is 16.8 Å². The van der Waals surface area contributed by atoms with Crippen molar-refractivity contribution in [2.75, 3.05) is 7.11 Å². The lowest BCUT2D eigenvalue weighted by atomic mass is 10.1. The second-order valence-electron chi connectivity index (χ2n) is 4.90. The maximum absolute atomic E-state index is 12.8. The van der Waals surface area contributed by atoms with E-state index in [-0.39, 0.29) is 17.0 Å². The van der Waals surface area contributed by atoms with Gasteiger partial charge in [-0.3, -0.25) is 4.79 Å². The molecule has 3 aromatic rings. The molecule has 2 aromatic heterocycles. The van der Waals surface area contributed by atoms with Gasteiger partial charge in [0, 0.05) is 16.7 Å². The summed E-state index contributed by atoms with van der Waals surface area (Å²) < 4.78 is 11.0. The maximum atomic E-state index is 12.8. The van der Waals surface area contributed by atoms with Crippen molar-refractivity contribution in [2.45, 2.75) is 6.92 Å². The summed E-state index contributed by atoms with van der Waals surface area (Å²) in [4.78, 5) is 24.9. The first kappa shape index (κ1) is 15.9. The number of esters is 1. The third-order valence-corrected chi connectivity index (χ3v) is 3.66. The summed E-state index contributed by atoms with van der Waals surface area (Å²) in [6.07, 6.45) is 1.41. The van der Waals surface area contributed by atoms with Crippen molar-refractivity contribution in [3.63, 3.8) is 0 Å². The van der Waals surface area contributed by atoms with E-state index in [4.69, 9.17) is 20.9 Å². The largest absolute Gasteiger partial charge is 0.465 e. The van der Waals surface area contributed by atoms with Crippen LogP contribution in [0.25, 0.3) is 11.5 Å². The summed E-state index contributed by atoms with van der Waals surface area (Å²) in [5.41, 5.74) is 1.04. The summed E-state index contributed by atoms with van der Waals surface area (Å²) in [6.45, 7) is 1.61. The Morgan fingerprint density at radius 1 is 1.21 bits per heavy atom. The van der Waals surface area contributed by atoms with E-state index in [9.17, 15) is 9.59 Å². The van der Waals surface area contributed by atoms with Gasteiger partial charge in [-0.25, -0.2) is 4.79 Å². The SMILES string of the molecule is COC(=O)c1c(C)nn(C(=O)c2ccc(Cl)cc2)c1-c1ccno1. The van der Waals surface area contributed by atoms with Crippen LogP contribution < -0.4 is 0 Å². The van der Waals surface area contributed by atoms with Crippen LogP contribution in [0.2, 0.25) is 5.02 Å². The predicted molar refractivity (Wildman–Crippen MR) is 85.0 cm³/mol. The molecular weight excluding hydrogens is 334 g/mol. The number of hydrogen-bond acceptors (Lipinski definition) is 6. The van der Waals surface area contributed by atoms with Gasteiger partial charge in [0.05, 0.1) is 19.0 Å². The van der Waals surface area contributed by atoms with Gasteiger partial charge < -0.3 is 9.26 Å². The molecule has 24 heavy (non-hydrogen) atoms. The molecule has 0 fully saturated rings. The van der Waals surface area contributed by atoms with E-state index in [0.29, 0.717) is 16.3 Å². The second-order valence-corrected chi connectivity index (χ2v) is 5.34. The minimum atomic E-state index is -0.617. The number of methoxy groups -OCH3 is 1. The van der Waals surface area contributed by atoms with Crippen molar-refractivity contribution in [1.29, 1.82) is 0 Å². The molecule has 0 radical (unpaired) electrons. The minimum Gasteiger partial charge on any atom is -0.465 e. The fraction of sp³-hybridized carbons (Fsp3) is 0.125. The summed E-state index contributed by atoms with van der Waals surface area (Å²) >= 11 is 5.85. The molecule has 1 aromatic carbocycles. The molecule has 0 atom stereocenters. The Bertz CT molecular complexity index is 898. The van der Waals surface area contributed by atoms with Gasteiger partial charge in [-0.05, 0) is 31.2 Å². The number of ether oxygens (including phenoxy) is 1. The van der Waals surface area contributed by atoms with Crippen molar-refractivity contribution >= 4 is 23.5 Å². The first-order valence-electron chi connectivity index (χ1n) is 6.92. The van der Waals surface area contributed by atoms with Crippen molar-refractivity contribution in [3.8, 4) is 11.5 Å². The van der Waals surface area contributed by atoms with E-state index in [1.54, 1.807) is 31.2 Å². The van der Waals surface area contributed by atoms with E-state index in [0.717, 1.165) is 4.68 Å². The highest BCUT2D eigenvalue weighted by atomic mass is 35.5. The number of carbonyl (C=O) groups is 2. The normalized spacial score (nSPS) is 10.6. The number of halogens is 1. The molecule has 0 aliphatic heterocycles. The quantitative estimate of drug-likeness (QED) is 0.678. The number of hydrogen-bond donors (Lipinski definition) is 0. The molecule has 8 heteroatoms. The van der Waals surface area contributed by atoms with Crippen molar-refractivity contribution in [2.24, 2.45) is 0 Å². The Hall–Kier alpha value is -2.93. The summed E-state index contributed by atoms with van der Waals surface area (Å²) in [5, 5.41) is 8.31. The minimum absolute atomic E-state index is 0.150.